The van der Waals surface area contributed by atoms with Gasteiger partial charge in [0, 0.05) is 17.6 Å². The van der Waals surface area contributed by atoms with Crippen molar-refractivity contribution in [3.05, 3.63) is 40.9 Å². The van der Waals surface area contributed by atoms with Crippen molar-refractivity contribution >= 4 is 12.0 Å². The SMILES string of the molecule is C1=NC2=CNNC2=c2cccnc2=N1. The highest BCUT2D eigenvalue weighted by molar-refractivity contribution is 5.70. The fraction of sp³-hybridized carbons (Fsp3) is 0. The minimum Gasteiger partial charge on any atom is -0.306 e. The molecule has 14 heavy (non-hydrogen) atoms. The number of hydrogen-bond donors (Lipinski definition) is 2. The number of nitrogens with zero attached hydrogens (tertiary/aromatic N) is 3. The van der Waals surface area contributed by atoms with E-state index in [4.69, 9.17) is 0 Å². The Labute approximate surface area is 79.6 Å². The van der Waals surface area contributed by atoms with E-state index in [9.17, 15) is 0 Å². The summed E-state index contributed by atoms with van der Waals surface area (Å²) in [5.41, 5.74) is 8.37. The summed E-state index contributed by atoms with van der Waals surface area (Å²) in [6.07, 6.45) is 5.02. The summed E-state index contributed by atoms with van der Waals surface area (Å²) in [6, 6.07) is 3.84. The van der Waals surface area contributed by atoms with E-state index in [1.165, 1.54) is 6.34 Å². The van der Waals surface area contributed by atoms with E-state index in [-0.39, 0.29) is 0 Å². The molecule has 5 nitrogen and oxygen atoms in total. The van der Waals surface area contributed by atoms with Gasteiger partial charge in [0.2, 0.25) is 0 Å². The maximum Gasteiger partial charge on any atom is 0.163 e. The minimum absolute atomic E-state index is 0.686. The summed E-state index contributed by atoms with van der Waals surface area (Å²) in [4.78, 5) is 12.5. The number of aromatic nitrogens is 1. The zero-order valence-electron chi connectivity index (χ0n) is 7.23. The van der Waals surface area contributed by atoms with Crippen LogP contribution in [0.1, 0.15) is 0 Å². The lowest BCUT2D eigenvalue weighted by atomic mass is 10.2. The topological polar surface area (TPSA) is 61.7 Å². The molecule has 0 saturated heterocycles. The van der Waals surface area contributed by atoms with Crippen LogP contribution in [-0.2, 0) is 0 Å². The van der Waals surface area contributed by atoms with Crippen LogP contribution in [0.2, 0.25) is 0 Å². The molecule has 0 radical (unpaired) electrons. The molecule has 0 unspecified atom stereocenters. The van der Waals surface area contributed by atoms with Gasteiger partial charge in [-0.3, -0.25) is 5.43 Å². The Morgan fingerprint density at radius 3 is 3.29 bits per heavy atom. The third kappa shape index (κ3) is 0.922. The van der Waals surface area contributed by atoms with Gasteiger partial charge >= 0.3 is 0 Å². The molecule has 68 valence electrons. The number of nitrogens with one attached hydrogen (secondary N) is 2. The Balaban J connectivity index is 2.48. The predicted octanol–water partition coefficient (Wildman–Crippen LogP) is -1.20. The Morgan fingerprint density at radius 1 is 1.29 bits per heavy atom. The van der Waals surface area contributed by atoms with Gasteiger partial charge in [-0.1, -0.05) is 0 Å². The fourth-order valence-electron chi connectivity index (χ4n) is 1.46. The molecule has 2 aliphatic rings. The zero-order valence-corrected chi connectivity index (χ0v) is 7.23. The molecule has 0 saturated carbocycles. The normalized spacial score (nSPS) is 16.9. The molecular formula is C9H7N5. The molecule has 1 aromatic heterocycles. The molecule has 0 bridgehead atoms. The van der Waals surface area contributed by atoms with Crippen molar-refractivity contribution in [3.8, 4) is 0 Å². The maximum absolute atomic E-state index is 4.17. The zero-order chi connectivity index (χ0) is 9.38. The van der Waals surface area contributed by atoms with Crippen molar-refractivity contribution in [1.82, 2.24) is 15.8 Å². The highest BCUT2D eigenvalue weighted by Crippen LogP contribution is 2.10. The van der Waals surface area contributed by atoms with Crippen LogP contribution < -0.4 is 21.6 Å². The van der Waals surface area contributed by atoms with Crippen molar-refractivity contribution < 1.29 is 0 Å². The average molecular weight is 185 g/mol. The third-order valence-electron chi connectivity index (χ3n) is 2.10. The van der Waals surface area contributed by atoms with Crippen LogP contribution >= 0.6 is 0 Å². The van der Waals surface area contributed by atoms with Crippen LogP contribution in [0.4, 0.5) is 0 Å². The lowest BCUT2D eigenvalue weighted by molar-refractivity contribution is 0.827. The van der Waals surface area contributed by atoms with Crippen molar-refractivity contribution in [2.24, 2.45) is 9.98 Å². The van der Waals surface area contributed by atoms with Gasteiger partial charge in [-0.2, -0.15) is 0 Å². The quantitative estimate of drug-likeness (QED) is 0.533. The summed E-state index contributed by atoms with van der Waals surface area (Å²) in [6.45, 7) is 0. The molecule has 0 aromatic carbocycles. The number of pyridine rings is 1. The number of hydrogen-bond acceptors (Lipinski definition) is 5. The van der Waals surface area contributed by atoms with Crippen molar-refractivity contribution in [2.45, 2.75) is 0 Å². The van der Waals surface area contributed by atoms with Gasteiger partial charge < -0.3 is 5.43 Å². The molecule has 0 aliphatic carbocycles. The maximum atomic E-state index is 4.17. The van der Waals surface area contributed by atoms with Gasteiger partial charge in [0.15, 0.2) is 5.49 Å². The van der Waals surface area contributed by atoms with Gasteiger partial charge in [-0.25, -0.2) is 15.0 Å². The lowest BCUT2D eigenvalue weighted by Crippen LogP contribution is -2.34. The molecule has 3 heterocycles. The third-order valence-corrected chi connectivity index (χ3v) is 2.10. The molecule has 2 N–H and O–H groups in total. The number of hydrazine groups is 1. The fourth-order valence-corrected chi connectivity index (χ4v) is 1.46. The van der Waals surface area contributed by atoms with Gasteiger partial charge in [0.1, 0.15) is 12.0 Å². The van der Waals surface area contributed by atoms with E-state index in [1.807, 2.05) is 12.1 Å². The van der Waals surface area contributed by atoms with Crippen LogP contribution in [-0.4, -0.2) is 11.3 Å². The highest BCUT2D eigenvalue weighted by atomic mass is 15.4. The molecule has 1 aromatic rings. The second kappa shape index (κ2) is 2.66. The molecule has 2 aliphatic heterocycles. The Kier molecular flexibility index (Phi) is 1.38. The van der Waals surface area contributed by atoms with Crippen LogP contribution in [0.15, 0.2) is 40.2 Å². The van der Waals surface area contributed by atoms with Gasteiger partial charge in [0.05, 0.1) is 5.70 Å². The first-order valence-corrected chi connectivity index (χ1v) is 4.23. The van der Waals surface area contributed by atoms with E-state index in [0.717, 1.165) is 16.6 Å². The van der Waals surface area contributed by atoms with Crippen LogP contribution in [0.5, 0.6) is 0 Å². The first-order valence-electron chi connectivity index (χ1n) is 4.23. The number of fused-ring (bicyclic) bond motifs is 2. The van der Waals surface area contributed by atoms with Crippen molar-refractivity contribution in [2.75, 3.05) is 0 Å². The number of aliphatic imine (C=N–C) groups is 1. The minimum atomic E-state index is 0.686. The first kappa shape index (κ1) is 7.25. The largest absolute Gasteiger partial charge is 0.306 e. The van der Waals surface area contributed by atoms with E-state index in [0.29, 0.717) is 5.49 Å². The van der Waals surface area contributed by atoms with Crippen LogP contribution in [0.3, 0.4) is 0 Å². The highest BCUT2D eigenvalue weighted by Gasteiger charge is 2.12. The molecule has 0 fully saturated rings. The Hall–Kier alpha value is -2.17. The second-order valence-corrected chi connectivity index (χ2v) is 2.92. The van der Waals surface area contributed by atoms with Crippen molar-refractivity contribution in [1.29, 1.82) is 0 Å². The lowest BCUT2D eigenvalue weighted by Gasteiger charge is -1.98. The molecular weight excluding hydrogens is 178 g/mol. The van der Waals surface area contributed by atoms with Gasteiger partial charge in [-0.15, -0.1) is 0 Å². The molecule has 0 amide bonds. The monoisotopic (exact) mass is 185 g/mol. The predicted molar refractivity (Wildman–Crippen MR) is 51.3 cm³/mol. The Morgan fingerprint density at radius 2 is 2.29 bits per heavy atom. The summed E-state index contributed by atoms with van der Waals surface area (Å²) >= 11 is 0. The summed E-state index contributed by atoms with van der Waals surface area (Å²) < 4.78 is 0. The van der Waals surface area contributed by atoms with E-state index in [1.54, 1.807) is 12.4 Å². The summed E-state index contributed by atoms with van der Waals surface area (Å²) in [5.74, 6) is 0. The van der Waals surface area contributed by atoms with Crippen LogP contribution in [0, 0.1) is 0 Å². The van der Waals surface area contributed by atoms with Crippen LogP contribution in [0.25, 0.3) is 5.70 Å². The standard InChI is InChI=1S/C9H7N5/c1-2-6-8-7(4-13-14-8)11-5-12-9(6)10-3-1/h1-5,13-14H. The van der Waals surface area contributed by atoms with E-state index >= 15 is 0 Å². The molecule has 3 rings (SSSR count). The van der Waals surface area contributed by atoms with E-state index in [2.05, 4.69) is 25.8 Å². The van der Waals surface area contributed by atoms with Crippen molar-refractivity contribution in [3.63, 3.8) is 0 Å². The average Bonchev–Trinajstić information content (AvgIpc) is 2.61. The molecule has 5 heteroatoms. The summed E-state index contributed by atoms with van der Waals surface area (Å²) in [7, 11) is 0. The molecule has 0 atom stereocenters. The van der Waals surface area contributed by atoms with E-state index < -0.39 is 0 Å². The Bertz CT molecular complexity index is 555. The first-order chi connectivity index (χ1) is 6.95. The van der Waals surface area contributed by atoms with Gasteiger partial charge in [-0.05, 0) is 12.1 Å². The van der Waals surface area contributed by atoms with Gasteiger partial charge in [0.25, 0.3) is 0 Å². The molecule has 0 spiro atoms. The number of rotatable bonds is 0. The second-order valence-electron chi connectivity index (χ2n) is 2.92. The summed E-state index contributed by atoms with van der Waals surface area (Å²) in [5, 5.41) is 0.959. The smallest absolute Gasteiger partial charge is 0.163 e.